The van der Waals surface area contributed by atoms with E-state index >= 15 is 0 Å². The number of nitrogens with one attached hydrogen (secondary N) is 1. The topological polar surface area (TPSA) is 178 Å². The van der Waals surface area contributed by atoms with Crippen LogP contribution in [0.4, 0.5) is 11.4 Å². The van der Waals surface area contributed by atoms with E-state index in [4.69, 9.17) is 30.0 Å². The second-order valence-corrected chi connectivity index (χ2v) is 10.8. The first-order chi connectivity index (χ1) is 30.3. The minimum absolute atomic E-state index is 0.102. The number of carbonyl (C=O) groups is 2. The van der Waals surface area contributed by atoms with Gasteiger partial charge in [-0.2, -0.15) is 0 Å². The van der Waals surface area contributed by atoms with Crippen molar-refractivity contribution in [3.8, 4) is 11.5 Å². The fraction of sp³-hybridized carbons (Fsp3) is 0.189. The highest BCUT2D eigenvalue weighted by atomic mass is 16.6. The van der Waals surface area contributed by atoms with E-state index in [1.54, 1.807) is 12.3 Å². The summed E-state index contributed by atoms with van der Waals surface area (Å²) in [7, 11) is -11.8. The van der Waals surface area contributed by atoms with Gasteiger partial charge in [0.2, 0.25) is 0 Å². The predicted molar refractivity (Wildman–Crippen MR) is 189 cm³/mol. The molecule has 14 nitrogen and oxygen atoms in total. The van der Waals surface area contributed by atoms with Gasteiger partial charge in [-0.1, -0.05) is 12.1 Å². The van der Waals surface area contributed by atoms with Crippen LogP contribution in [0.3, 0.4) is 0 Å². The molecule has 0 atom stereocenters. The minimum atomic E-state index is -3.02. The maximum absolute atomic E-state index is 12.1. The Morgan fingerprint density at radius 2 is 1.27 bits per heavy atom. The Morgan fingerprint density at radius 1 is 0.706 bits per heavy atom. The number of esters is 2. The number of aromatic nitrogens is 2. The Hall–Kier alpha value is -6.70. The molecule has 0 saturated carbocycles. The molecular weight excluding hydrogens is 660 g/mol. The number of nitro groups is 2. The number of nitro benzene ring substituents is 2. The summed E-state index contributed by atoms with van der Waals surface area (Å²) in [5.74, 6) is -2.86. The van der Waals surface area contributed by atoms with Crippen LogP contribution in [0.5, 0.6) is 11.5 Å². The molecule has 6 rings (SSSR count). The number of non-ortho nitro benzene ring substituents is 2. The summed E-state index contributed by atoms with van der Waals surface area (Å²) in [5.41, 5.74) is 1.49. The molecule has 0 radical (unpaired) electrons. The van der Waals surface area contributed by atoms with E-state index in [9.17, 15) is 29.8 Å². The maximum Gasteiger partial charge on any atom is 0.337 e. The average molecular weight is 710 g/mol. The van der Waals surface area contributed by atoms with E-state index in [1.165, 1.54) is 60.8 Å². The first kappa shape index (κ1) is 20.7. The Labute approximate surface area is 312 Å². The number of benzene rings is 4. The summed E-state index contributed by atoms with van der Waals surface area (Å²) in [5, 5.41) is 23.1. The molecule has 6 aromatic rings. The number of nitrogens with zero attached hydrogens (tertiary/aromatic N) is 3. The molecule has 2 heterocycles. The summed E-state index contributed by atoms with van der Waals surface area (Å²) in [6.45, 7) is -2.60. The van der Waals surface area contributed by atoms with Gasteiger partial charge in [-0.15, -0.1) is 0 Å². The van der Waals surface area contributed by atoms with E-state index in [2.05, 4.69) is 14.5 Å². The highest BCUT2D eigenvalue weighted by molar-refractivity contribution is 5.91. The van der Waals surface area contributed by atoms with Crippen LogP contribution in [0.25, 0.3) is 21.8 Å². The molecule has 262 valence electrons. The van der Waals surface area contributed by atoms with E-state index in [1.807, 2.05) is 0 Å². The molecule has 0 amide bonds. The third kappa shape index (κ3) is 7.64. The van der Waals surface area contributed by atoms with Crippen molar-refractivity contribution in [3.05, 3.63) is 139 Å². The summed E-state index contributed by atoms with van der Waals surface area (Å²) in [6.07, 6.45) is 2.91. The van der Waals surface area contributed by atoms with Crippen LogP contribution in [0.15, 0.2) is 85.2 Å². The lowest BCUT2D eigenvalue weighted by atomic mass is 10.0. The maximum atomic E-state index is 12.1. The average Bonchev–Trinajstić information content (AvgIpc) is 3.74. The van der Waals surface area contributed by atoms with Gasteiger partial charge in [0.1, 0.15) is 11.5 Å². The molecule has 4 aromatic carbocycles. The van der Waals surface area contributed by atoms with Crippen molar-refractivity contribution < 1.29 is 58.9 Å². The molecule has 14 heteroatoms. The molecule has 0 unspecified atom stereocenters. The largest absolute Gasteiger partial charge is 0.496 e. The van der Waals surface area contributed by atoms with Gasteiger partial charge in [0.25, 0.3) is 11.4 Å². The third-order valence-corrected chi connectivity index (χ3v) is 7.82. The zero-order valence-corrected chi connectivity index (χ0v) is 25.9. The number of methoxy groups -OCH3 is 4. The van der Waals surface area contributed by atoms with Crippen LogP contribution in [-0.4, -0.2) is 59.5 Å². The Kier molecular flexibility index (Phi) is 6.19. The lowest BCUT2D eigenvalue weighted by molar-refractivity contribution is -0.384. The SMILES string of the molecule is [2H]C([2H])([2H])OC(=O)c1ccc(Cc2c[nH]c3ccc([N+](=O)[O-])cc23)c(OC([2H])([2H])[2H])c1.[2H]C([2H])([2H])OC(=O)c1ccc(Cc2cn(C([2H])([2H])[2H])c3ccc([N+](=O)[O-])cc23)c(OC([2H])([2H])[2H])c1. The second-order valence-electron chi connectivity index (χ2n) is 10.8. The van der Waals surface area contributed by atoms with E-state index in [0.717, 1.165) is 16.7 Å². The molecule has 51 heavy (non-hydrogen) atoms. The Bertz CT molecular complexity index is 2830. The molecule has 2 aromatic heterocycles. The standard InChI is InChI=1S/C19H18N2O5.C18H16N2O5/c1-20-11-14(16-10-15(21(23)24)6-7-17(16)20)8-12-4-5-13(19(22)26-3)9-18(12)25-2;1-24-17-8-12(18(21)25-2)4-3-11(17)7-13-10-19-16-6-5-14(20(22)23)9-15(13)16/h4-7,9-11H,8H2,1-3H3;3-6,8-10,19H,7H2,1-2H3/i1D3,2D3,3D3;1D3,2D3. The van der Waals surface area contributed by atoms with E-state index in [0.29, 0.717) is 27.6 Å². The number of aryl methyl sites for hydroxylation is 1. The van der Waals surface area contributed by atoms with Crippen LogP contribution in [0, 0.1) is 20.2 Å². The van der Waals surface area contributed by atoms with Crippen molar-refractivity contribution in [2.24, 2.45) is 6.98 Å². The summed E-state index contributed by atoms with van der Waals surface area (Å²) in [4.78, 5) is 48.3. The van der Waals surface area contributed by atoms with Crippen molar-refractivity contribution in [2.75, 3.05) is 28.2 Å². The first-order valence-electron chi connectivity index (χ1n) is 21.9. The second kappa shape index (κ2) is 15.2. The number of ether oxygens (including phenoxy) is 4. The molecule has 0 fully saturated rings. The number of carbonyl (C=O) groups excluding carboxylic acids is 2. The highest BCUT2D eigenvalue weighted by Crippen LogP contribution is 2.31. The molecule has 0 bridgehead atoms. The molecule has 0 aliphatic carbocycles. The first-order valence-corrected chi connectivity index (χ1v) is 14.4. The lowest BCUT2D eigenvalue weighted by Crippen LogP contribution is -2.03. The zero-order valence-electron chi connectivity index (χ0n) is 40.9. The van der Waals surface area contributed by atoms with Gasteiger partial charge in [-0.05, 0) is 58.7 Å². The van der Waals surface area contributed by atoms with E-state index < -0.39 is 56.9 Å². The third-order valence-electron chi connectivity index (χ3n) is 7.82. The van der Waals surface area contributed by atoms with Gasteiger partial charge in [0, 0.05) is 82.4 Å². The predicted octanol–water partition coefficient (Wildman–Crippen LogP) is 6.93. The summed E-state index contributed by atoms with van der Waals surface area (Å²) in [6, 6.07) is 15.3. The molecular formula is C37H34N4O10. The smallest absolute Gasteiger partial charge is 0.337 e. The summed E-state index contributed by atoms with van der Waals surface area (Å²) >= 11 is 0. The molecule has 0 aliphatic rings. The number of hydrogen-bond donors (Lipinski definition) is 1. The van der Waals surface area contributed by atoms with Gasteiger partial charge in [-0.3, -0.25) is 20.2 Å². The molecule has 0 spiro atoms. The Balaban J connectivity index is 0.000000249. The number of fused-ring (bicyclic) bond motifs is 2. The van der Waals surface area contributed by atoms with Crippen molar-refractivity contribution in [1.29, 1.82) is 0 Å². The number of aromatic amines is 1. The number of H-pyrrole nitrogens is 1. The van der Waals surface area contributed by atoms with E-state index in [-0.39, 0.29) is 63.3 Å². The van der Waals surface area contributed by atoms with Crippen LogP contribution < -0.4 is 9.47 Å². The monoisotopic (exact) mass is 709 g/mol. The van der Waals surface area contributed by atoms with Crippen molar-refractivity contribution >= 4 is 45.1 Å². The van der Waals surface area contributed by atoms with Crippen LogP contribution in [-0.2, 0) is 29.3 Å². The lowest BCUT2D eigenvalue weighted by Gasteiger charge is -2.10. The quantitative estimate of drug-likeness (QED) is 0.0890. The number of rotatable bonds is 10. The summed E-state index contributed by atoms with van der Waals surface area (Å²) < 4.78 is 129. The van der Waals surface area contributed by atoms with Crippen molar-refractivity contribution in [3.63, 3.8) is 0 Å². The molecule has 0 aliphatic heterocycles. The number of hydrogen-bond acceptors (Lipinski definition) is 10. The van der Waals surface area contributed by atoms with Crippen molar-refractivity contribution in [1.82, 2.24) is 9.55 Å². The minimum Gasteiger partial charge on any atom is -0.496 e. The van der Waals surface area contributed by atoms with Gasteiger partial charge in [-0.25, -0.2) is 9.59 Å². The Morgan fingerprint density at radius 3 is 1.82 bits per heavy atom. The van der Waals surface area contributed by atoms with Gasteiger partial charge >= 0.3 is 11.9 Å². The fourth-order valence-corrected chi connectivity index (χ4v) is 5.34. The zero-order chi connectivity index (χ0) is 49.3. The van der Waals surface area contributed by atoms with Gasteiger partial charge in [0.05, 0.1) is 65.6 Å². The van der Waals surface area contributed by atoms with Gasteiger partial charge in [0.15, 0.2) is 0 Å². The molecule has 1 N–H and O–H groups in total. The van der Waals surface area contributed by atoms with Crippen LogP contribution in [0.2, 0.25) is 0 Å². The molecule has 0 saturated heterocycles. The van der Waals surface area contributed by atoms with Crippen LogP contribution >= 0.6 is 0 Å². The fourth-order valence-electron chi connectivity index (χ4n) is 5.34. The van der Waals surface area contributed by atoms with Gasteiger partial charge < -0.3 is 28.5 Å². The van der Waals surface area contributed by atoms with Crippen LogP contribution in [0.1, 0.15) is 63.5 Å². The normalized spacial score (nSPS) is 16.3. The van der Waals surface area contributed by atoms with Crippen molar-refractivity contribution in [2.45, 2.75) is 12.8 Å². The highest BCUT2D eigenvalue weighted by Gasteiger charge is 2.17.